The van der Waals surface area contributed by atoms with Gasteiger partial charge in [-0.2, -0.15) is 0 Å². The number of fused-ring (bicyclic) bond motifs is 1. The SMILES string of the molecule is O=C(NC12CCC(NC(=O)c3ccccc3P(c3ccccc3)c3ccccc3)(c3ccccc31)c1ccccc12)c1ccccc1P(c1ccccc1)c1ccccc1. The zero-order valence-corrected chi connectivity index (χ0v) is 34.7. The van der Waals surface area contributed by atoms with Crippen LogP contribution >= 0.6 is 15.8 Å². The zero-order chi connectivity index (χ0) is 40.5. The van der Waals surface area contributed by atoms with Gasteiger partial charge in [0.05, 0.1) is 11.1 Å². The lowest BCUT2D eigenvalue weighted by Gasteiger charge is -2.55. The van der Waals surface area contributed by atoms with Gasteiger partial charge in [0, 0.05) is 11.1 Å². The Hall–Kier alpha value is -6.44. The lowest BCUT2D eigenvalue weighted by atomic mass is 9.55. The predicted molar refractivity (Wildman–Crippen MR) is 249 cm³/mol. The topological polar surface area (TPSA) is 58.2 Å². The van der Waals surface area contributed by atoms with Crippen molar-refractivity contribution < 1.29 is 9.59 Å². The average molecular weight is 813 g/mol. The van der Waals surface area contributed by atoms with E-state index in [2.05, 4.69) is 144 Å². The summed E-state index contributed by atoms with van der Waals surface area (Å²) in [5.41, 5.74) is 3.77. The first kappa shape index (κ1) is 37.8. The largest absolute Gasteiger partial charge is 0.338 e. The van der Waals surface area contributed by atoms with Crippen LogP contribution in [0.15, 0.2) is 218 Å². The van der Waals surface area contributed by atoms with Crippen LogP contribution in [0.4, 0.5) is 0 Å². The van der Waals surface area contributed by atoms with E-state index in [1.807, 2.05) is 84.9 Å². The molecule has 0 radical (unpaired) electrons. The maximum atomic E-state index is 15.1. The molecular formula is C54H42N2O2P2. The normalized spacial score (nSPS) is 17.4. The molecule has 8 aromatic carbocycles. The highest BCUT2D eigenvalue weighted by atomic mass is 31.1. The quantitative estimate of drug-likeness (QED) is 0.136. The molecule has 6 heteroatoms. The Labute approximate surface area is 353 Å². The summed E-state index contributed by atoms with van der Waals surface area (Å²) in [6, 6.07) is 74.9. The van der Waals surface area contributed by atoms with Gasteiger partial charge in [-0.15, -0.1) is 0 Å². The average Bonchev–Trinajstić information content (AvgIpc) is 3.32. The highest BCUT2D eigenvalue weighted by Crippen LogP contribution is 2.57. The number of hydrogen-bond acceptors (Lipinski definition) is 2. The second-order valence-corrected chi connectivity index (χ2v) is 19.7. The van der Waals surface area contributed by atoms with E-state index < -0.39 is 26.9 Å². The number of amides is 2. The number of carbonyl (C=O) groups is 2. The molecule has 2 amide bonds. The smallest absolute Gasteiger partial charge is 0.252 e. The molecule has 8 aromatic rings. The Kier molecular flexibility index (Phi) is 10.1. The van der Waals surface area contributed by atoms with Gasteiger partial charge in [-0.25, -0.2) is 0 Å². The molecule has 0 spiro atoms. The summed E-state index contributed by atoms with van der Waals surface area (Å²) in [7, 11) is -2.05. The summed E-state index contributed by atoms with van der Waals surface area (Å²) in [6.07, 6.45) is 1.23. The van der Waals surface area contributed by atoms with E-state index in [0.29, 0.717) is 24.0 Å². The Balaban J connectivity index is 1.05. The van der Waals surface area contributed by atoms with E-state index in [9.17, 15) is 0 Å². The lowest BCUT2D eigenvalue weighted by Crippen LogP contribution is -2.62. The van der Waals surface area contributed by atoms with Crippen molar-refractivity contribution in [3.8, 4) is 0 Å². The molecule has 2 N–H and O–H groups in total. The van der Waals surface area contributed by atoms with Crippen LogP contribution < -0.4 is 42.5 Å². The summed E-state index contributed by atoms with van der Waals surface area (Å²) < 4.78 is 0. The van der Waals surface area contributed by atoms with Crippen molar-refractivity contribution in [3.05, 3.63) is 252 Å². The van der Waals surface area contributed by atoms with Crippen LogP contribution in [0.2, 0.25) is 0 Å². The molecule has 3 aliphatic carbocycles. The highest BCUT2D eigenvalue weighted by Gasteiger charge is 2.57. The molecule has 0 aromatic heterocycles. The van der Waals surface area contributed by atoms with E-state index in [4.69, 9.17) is 0 Å². The molecule has 4 nitrogen and oxygen atoms in total. The van der Waals surface area contributed by atoms with Gasteiger partial charge in [-0.05, 0) is 94.9 Å². The number of rotatable bonds is 10. The number of hydrogen-bond donors (Lipinski definition) is 2. The van der Waals surface area contributed by atoms with Crippen LogP contribution in [-0.2, 0) is 11.1 Å². The second kappa shape index (κ2) is 16.0. The maximum absolute atomic E-state index is 15.1. The monoisotopic (exact) mass is 812 g/mol. The molecular weight excluding hydrogens is 771 g/mol. The fourth-order valence-electron chi connectivity index (χ4n) is 9.46. The first-order valence-electron chi connectivity index (χ1n) is 20.4. The van der Waals surface area contributed by atoms with Crippen molar-refractivity contribution in [1.82, 2.24) is 10.6 Å². The highest BCUT2D eigenvalue weighted by molar-refractivity contribution is 7.80. The van der Waals surface area contributed by atoms with Gasteiger partial charge in [0.1, 0.15) is 0 Å². The van der Waals surface area contributed by atoms with Crippen molar-refractivity contribution in [2.24, 2.45) is 0 Å². The molecule has 0 atom stereocenters. The van der Waals surface area contributed by atoms with Crippen molar-refractivity contribution in [2.75, 3.05) is 0 Å². The summed E-state index contributed by atoms with van der Waals surface area (Å²) in [4.78, 5) is 30.2. The van der Waals surface area contributed by atoms with Crippen molar-refractivity contribution >= 4 is 59.5 Å². The first-order valence-corrected chi connectivity index (χ1v) is 23.1. The maximum Gasteiger partial charge on any atom is 0.252 e. The standard InChI is InChI=1S/C54H42N2O2P2/c57-51(43-29-13-19-35-49(43)59(39-21-5-1-6-22-39)40-23-7-2-8-24-40)55-53-37-38-54(47-33-17-15-31-45(47)53,48-34-18-16-32-46(48)53)56-52(58)44-30-14-20-36-50(44)60(41-25-9-3-10-26-41)42-27-11-4-12-28-42/h1-36H,37-38H2,(H,55,57)(H,56,58). The molecule has 60 heavy (non-hydrogen) atoms. The second-order valence-electron chi connectivity index (χ2n) is 15.4. The van der Waals surface area contributed by atoms with Gasteiger partial charge >= 0.3 is 0 Å². The minimum Gasteiger partial charge on any atom is -0.338 e. The third-order valence-electron chi connectivity index (χ3n) is 12.1. The lowest BCUT2D eigenvalue weighted by molar-refractivity contribution is 0.0833. The fourth-order valence-corrected chi connectivity index (χ4v) is 14.4. The third-order valence-corrected chi connectivity index (χ3v) is 17.1. The van der Waals surface area contributed by atoms with Crippen molar-refractivity contribution in [3.63, 3.8) is 0 Å². The summed E-state index contributed by atoms with van der Waals surface area (Å²) in [5.74, 6) is -0.228. The van der Waals surface area contributed by atoms with E-state index >= 15 is 9.59 Å². The summed E-state index contributed by atoms with van der Waals surface area (Å²) >= 11 is 0. The predicted octanol–water partition coefficient (Wildman–Crippen LogP) is 8.66. The van der Waals surface area contributed by atoms with Crippen LogP contribution in [0.25, 0.3) is 0 Å². The molecule has 11 rings (SSSR count). The molecule has 0 heterocycles. The Bertz CT molecular complexity index is 2510. The number of benzene rings is 8. The van der Waals surface area contributed by atoms with E-state index in [1.54, 1.807) is 0 Å². The van der Waals surface area contributed by atoms with Crippen molar-refractivity contribution in [1.29, 1.82) is 0 Å². The Morgan fingerprint density at radius 1 is 0.333 bits per heavy atom. The van der Waals surface area contributed by atoms with E-state index in [1.165, 1.54) is 21.2 Å². The van der Waals surface area contributed by atoms with Crippen LogP contribution in [0.3, 0.4) is 0 Å². The van der Waals surface area contributed by atoms with Crippen molar-refractivity contribution in [2.45, 2.75) is 23.9 Å². The van der Waals surface area contributed by atoms with E-state index in [-0.39, 0.29) is 11.8 Å². The van der Waals surface area contributed by atoms with Crippen LogP contribution in [0.1, 0.15) is 55.8 Å². The molecule has 0 fully saturated rings. The molecule has 0 saturated carbocycles. The molecule has 290 valence electrons. The van der Waals surface area contributed by atoms with E-state index in [0.717, 1.165) is 32.9 Å². The van der Waals surface area contributed by atoms with Gasteiger partial charge < -0.3 is 10.6 Å². The third kappa shape index (κ3) is 6.49. The summed E-state index contributed by atoms with van der Waals surface area (Å²) in [5, 5.41) is 14.1. The van der Waals surface area contributed by atoms with Gasteiger partial charge in [-0.3, -0.25) is 9.59 Å². The minimum absolute atomic E-state index is 0.114. The molecule has 3 aliphatic rings. The molecule has 0 unspecified atom stereocenters. The Morgan fingerprint density at radius 2 is 0.583 bits per heavy atom. The van der Waals surface area contributed by atoms with Gasteiger partial charge in [-0.1, -0.05) is 206 Å². The van der Waals surface area contributed by atoms with Crippen LogP contribution in [-0.4, -0.2) is 11.8 Å². The zero-order valence-electron chi connectivity index (χ0n) is 32.9. The summed E-state index contributed by atoms with van der Waals surface area (Å²) in [6.45, 7) is 0. The minimum atomic E-state index is -1.02. The fraction of sp³-hybridized carbons (Fsp3) is 0.0741. The Morgan fingerprint density at radius 3 is 0.883 bits per heavy atom. The van der Waals surface area contributed by atoms with Gasteiger partial charge in [0.15, 0.2) is 0 Å². The number of nitrogens with one attached hydrogen (secondary N) is 2. The number of carbonyl (C=O) groups excluding carboxylic acids is 2. The molecule has 0 aliphatic heterocycles. The first-order chi connectivity index (χ1) is 29.6. The van der Waals surface area contributed by atoms with Crippen LogP contribution in [0.5, 0.6) is 0 Å². The molecule has 0 saturated heterocycles. The molecule has 2 bridgehead atoms. The van der Waals surface area contributed by atoms with Gasteiger partial charge in [0.2, 0.25) is 0 Å². The van der Waals surface area contributed by atoms with Crippen LogP contribution in [0, 0.1) is 0 Å². The van der Waals surface area contributed by atoms with Gasteiger partial charge in [0.25, 0.3) is 11.8 Å².